The maximum Gasteiger partial charge on any atom is 0.226 e. The standard InChI is InChI=1S/C34H48N2O3/c1-29(2)25-9-11-33(6)26(32(25,5)19-23(35-8)28(29)39)17-24(38)27-22-18-31(4,36-16-10-21(37)20-36)14-12-30(22,3)13-15-34(27,33)7/h17,19,21-22,25,27,37H,9-16,18,20H2,1-7H3/t21?,22-,25-,27-,30+,31-,32-,33+,34+/m0/s1. The number of hydrogen-bond acceptors (Lipinski definition) is 4. The van der Waals surface area contributed by atoms with E-state index in [0.29, 0.717) is 5.92 Å². The van der Waals surface area contributed by atoms with Gasteiger partial charge in [0.2, 0.25) is 5.70 Å². The van der Waals surface area contributed by atoms with Crippen LogP contribution in [0.1, 0.15) is 99.8 Å². The summed E-state index contributed by atoms with van der Waals surface area (Å²) in [4.78, 5) is 34.0. The van der Waals surface area contributed by atoms with Gasteiger partial charge in [-0.15, -0.1) is 0 Å². The first-order valence-corrected chi connectivity index (χ1v) is 15.4. The number of nitrogens with zero attached hydrogens (tertiary/aromatic N) is 2. The Morgan fingerprint density at radius 3 is 2.31 bits per heavy atom. The van der Waals surface area contributed by atoms with Crippen LogP contribution in [0.4, 0.5) is 0 Å². The van der Waals surface area contributed by atoms with Crippen LogP contribution in [-0.4, -0.2) is 46.3 Å². The minimum absolute atomic E-state index is 0.0140. The molecule has 0 bridgehead atoms. The van der Waals surface area contributed by atoms with Crippen molar-refractivity contribution in [2.75, 3.05) is 13.1 Å². The van der Waals surface area contributed by atoms with E-state index in [2.05, 4.69) is 44.4 Å². The third-order valence-corrected chi connectivity index (χ3v) is 14.0. The molecule has 5 heteroatoms. The number of ketones is 2. The summed E-state index contributed by atoms with van der Waals surface area (Å²) in [5, 5.41) is 10.3. The van der Waals surface area contributed by atoms with Crippen molar-refractivity contribution in [3.63, 3.8) is 0 Å². The number of aliphatic hydroxyl groups excluding tert-OH is 1. The summed E-state index contributed by atoms with van der Waals surface area (Å²) < 4.78 is 0. The number of rotatable bonds is 1. The van der Waals surface area contributed by atoms with E-state index in [9.17, 15) is 14.7 Å². The quantitative estimate of drug-likeness (QED) is 0.398. The van der Waals surface area contributed by atoms with Gasteiger partial charge in [-0.05, 0) is 92.4 Å². The van der Waals surface area contributed by atoms with Gasteiger partial charge >= 0.3 is 0 Å². The van der Waals surface area contributed by atoms with E-state index in [0.717, 1.165) is 64.5 Å². The zero-order chi connectivity index (χ0) is 28.4. The monoisotopic (exact) mass is 532 g/mol. The summed E-state index contributed by atoms with van der Waals surface area (Å²) in [5.41, 5.74) is 0.206. The largest absolute Gasteiger partial charge is 0.392 e. The molecule has 0 aromatic rings. The van der Waals surface area contributed by atoms with Gasteiger partial charge in [0.25, 0.3) is 0 Å². The van der Waals surface area contributed by atoms with Crippen molar-refractivity contribution in [2.45, 2.75) is 111 Å². The van der Waals surface area contributed by atoms with Gasteiger partial charge in [-0.25, -0.2) is 4.85 Å². The van der Waals surface area contributed by atoms with Crippen molar-refractivity contribution in [1.29, 1.82) is 0 Å². The van der Waals surface area contributed by atoms with E-state index in [1.54, 1.807) is 0 Å². The first-order valence-electron chi connectivity index (χ1n) is 15.4. The van der Waals surface area contributed by atoms with E-state index in [4.69, 9.17) is 6.57 Å². The van der Waals surface area contributed by atoms with Crippen molar-refractivity contribution in [3.8, 4) is 0 Å². The predicted molar refractivity (Wildman–Crippen MR) is 152 cm³/mol. The fourth-order valence-electron chi connectivity index (χ4n) is 11.2. The number of β-amino-alcohol motifs (C(OH)–C–C–N with tert-alkyl or cyclic N) is 1. The Labute approximate surface area is 235 Å². The lowest BCUT2D eigenvalue weighted by Gasteiger charge is -2.69. The lowest BCUT2D eigenvalue weighted by Crippen LogP contribution is -2.65. The molecular weight excluding hydrogens is 484 g/mol. The third kappa shape index (κ3) is 3.37. The maximum absolute atomic E-state index is 14.5. The van der Waals surface area contributed by atoms with Gasteiger partial charge < -0.3 is 9.90 Å². The van der Waals surface area contributed by atoms with Gasteiger partial charge in [-0.2, -0.15) is 0 Å². The normalized spacial score (nSPS) is 51.1. The summed E-state index contributed by atoms with van der Waals surface area (Å²) in [6.07, 6.45) is 12.0. The van der Waals surface area contributed by atoms with Crippen molar-refractivity contribution in [2.24, 2.45) is 44.8 Å². The minimum Gasteiger partial charge on any atom is -0.392 e. The van der Waals surface area contributed by atoms with Crippen molar-refractivity contribution < 1.29 is 14.7 Å². The van der Waals surface area contributed by atoms with Crippen LogP contribution < -0.4 is 0 Å². The van der Waals surface area contributed by atoms with E-state index >= 15 is 0 Å². The molecule has 1 saturated heterocycles. The van der Waals surface area contributed by atoms with Crippen LogP contribution in [0.3, 0.4) is 0 Å². The number of fused-ring (bicyclic) bond motifs is 7. The Kier molecular flexibility index (Phi) is 5.73. The predicted octanol–water partition coefficient (Wildman–Crippen LogP) is 6.38. The molecule has 0 spiro atoms. The number of allylic oxidation sites excluding steroid dienone is 4. The highest BCUT2D eigenvalue weighted by Crippen LogP contribution is 2.74. The third-order valence-electron chi connectivity index (χ3n) is 14.0. The highest BCUT2D eigenvalue weighted by molar-refractivity contribution is 6.03. The average Bonchev–Trinajstić information content (AvgIpc) is 3.31. The number of aliphatic hydroxyl groups is 1. The Morgan fingerprint density at radius 2 is 1.67 bits per heavy atom. The zero-order valence-electron chi connectivity index (χ0n) is 25.2. The molecule has 6 rings (SSSR count). The van der Waals surface area contributed by atoms with Crippen LogP contribution in [0.5, 0.6) is 0 Å². The summed E-state index contributed by atoms with van der Waals surface area (Å²) >= 11 is 0. The molecule has 0 aromatic heterocycles. The molecule has 0 radical (unpaired) electrons. The topological polar surface area (TPSA) is 62.0 Å². The number of carbonyl (C=O) groups is 2. The van der Waals surface area contributed by atoms with Crippen molar-refractivity contribution in [1.82, 2.24) is 4.90 Å². The maximum atomic E-state index is 14.5. The van der Waals surface area contributed by atoms with Gasteiger partial charge in [0, 0.05) is 35.4 Å². The molecular formula is C34H48N2O3. The molecule has 5 aliphatic carbocycles. The van der Waals surface area contributed by atoms with E-state index in [1.165, 1.54) is 5.57 Å². The molecule has 1 unspecified atom stereocenters. The Morgan fingerprint density at radius 1 is 0.974 bits per heavy atom. The highest BCUT2D eigenvalue weighted by atomic mass is 16.3. The summed E-state index contributed by atoms with van der Waals surface area (Å²) in [6.45, 7) is 25.4. The van der Waals surface area contributed by atoms with E-state index < -0.39 is 10.8 Å². The molecule has 212 valence electrons. The lowest BCUT2D eigenvalue weighted by atomic mass is 9.34. The second-order valence-corrected chi connectivity index (χ2v) is 16.1. The van der Waals surface area contributed by atoms with Crippen LogP contribution in [-0.2, 0) is 9.59 Å². The lowest BCUT2D eigenvalue weighted by molar-refractivity contribution is -0.170. The molecule has 3 saturated carbocycles. The van der Waals surface area contributed by atoms with Gasteiger partial charge in [0.05, 0.1) is 12.7 Å². The Hall–Kier alpha value is -1.77. The minimum atomic E-state index is -0.622. The van der Waals surface area contributed by atoms with Crippen LogP contribution in [0.2, 0.25) is 0 Å². The first-order chi connectivity index (χ1) is 18.1. The second-order valence-electron chi connectivity index (χ2n) is 16.1. The Bertz CT molecular complexity index is 1240. The van der Waals surface area contributed by atoms with Gasteiger partial charge in [0.1, 0.15) is 0 Å². The number of Topliss-reactive ketones (excluding diaryl/α,β-unsaturated/α-hetero) is 1. The molecule has 0 amide bonds. The van der Waals surface area contributed by atoms with Crippen molar-refractivity contribution in [3.05, 3.63) is 34.8 Å². The second kappa shape index (κ2) is 8.16. The average molecular weight is 533 g/mol. The van der Waals surface area contributed by atoms with Gasteiger partial charge in [-0.3, -0.25) is 9.69 Å². The zero-order valence-corrected chi connectivity index (χ0v) is 25.2. The first kappa shape index (κ1) is 27.4. The molecule has 1 aliphatic heterocycles. The number of hydrogen-bond donors (Lipinski definition) is 1. The van der Waals surface area contributed by atoms with Crippen LogP contribution >= 0.6 is 0 Å². The summed E-state index contributed by atoms with van der Waals surface area (Å²) in [5.74, 6) is 0.626. The van der Waals surface area contributed by atoms with Crippen LogP contribution in [0, 0.1) is 51.4 Å². The molecule has 1 heterocycles. The summed E-state index contributed by atoms with van der Waals surface area (Å²) in [7, 11) is 0. The van der Waals surface area contributed by atoms with Crippen molar-refractivity contribution >= 4 is 11.6 Å². The molecule has 5 nitrogen and oxygen atoms in total. The fourth-order valence-corrected chi connectivity index (χ4v) is 11.2. The molecule has 9 atom stereocenters. The van der Waals surface area contributed by atoms with Gasteiger partial charge in [-0.1, -0.05) is 53.2 Å². The van der Waals surface area contributed by atoms with E-state index in [1.807, 2.05) is 26.0 Å². The Balaban J connectivity index is 1.46. The molecule has 0 aromatic carbocycles. The summed E-state index contributed by atoms with van der Waals surface area (Å²) in [6, 6.07) is 0. The molecule has 1 N–H and O–H groups in total. The smallest absolute Gasteiger partial charge is 0.226 e. The fraction of sp³-hybridized carbons (Fsp3) is 0.794. The number of likely N-dealkylation sites (tertiary alicyclic amines) is 1. The molecule has 4 fully saturated rings. The van der Waals surface area contributed by atoms with E-state index in [-0.39, 0.29) is 57.0 Å². The van der Waals surface area contributed by atoms with Crippen LogP contribution in [0.25, 0.3) is 4.85 Å². The highest BCUT2D eigenvalue weighted by Gasteiger charge is 2.69. The van der Waals surface area contributed by atoms with Crippen LogP contribution in [0.15, 0.2) is 23.4 Å². The molecule has 6 aliphatic rings. The number of carbonyl (C=O) groups excluding carboxylic acids is 2. The van der Waals surface area contributed by atoms with Gasteiger partial charge in [0.15, 0.2) is 11.6 Å². The molecule has 39 heavy (non-hydrogen) atoms. The SMILES string of the molecule is [C-]#[N+]C1=C[C@]2(C)C3=CC(=O)[C@@H]4[C@@H]5C[C@@](C)(N6CCC(O)C6)CC[C@]5(C)CC[C@@]4(C)[C@]3(C)CC[C@H]2C(C)(C)C1=O.